The molecule has 7 nitrogen and oxygen atoms in total. The Morgan fingerprint density at radius 1 is 1.17 bits per heavy atom. The van der Waals surface area contributed by atoms with Crippen molar-refractivity contribution in [1.82, 2.24) is 19.7 Å². The Morgan fingerprint density at radius 2 is 1.93 bits per heavy atom. The molecule has 0 saturated carbocycles. The average molecular weight is 426 g/mol. The lowest BCUT2D eigenvalue weighted by atomic mass is 10.3. The van der Waals surface area contributed by atoms with Crippen molar-refractivity contribution >= 4 is 44.4 Å². The van der Waals surface area contributed by atoms with Crippen LogP contribution in [0.4, 0.5) is 5.13 Å². The van der Waals surface area contributed by atoms with Gasteiger partial charge in [-0.05, 0) is 31.2 Å². The highest BCUT2D eigenvalue weighted by molar-refractivity contribution is 7.99. The molecule has 9 heteroatoms. The monoisotopic (exact) mass is 425 g/mol. The summed E-state index contributed by atoms with van der Waals surface area (Å²) in [5.41, 5.74) is 0.880. The SMILES string of the molecule is CC(Oc1ccccc1)c1nnc(SCC(=O)Nc2nc3ccccc3s2)n1C. The van der Waals surface area contributed by atoms with Gasteiger partial charge in [-0.2, -0.15) is 0 Å². The molecular weight excluding hydrogens is 406 g/mol. The molecule has 2 aromatic carbocycles. The van der Waals surface area contributed by atoms with Gasteiger partial charge in [-0.3, -0.25) is 4.79 Å². The number of para-hydroxylation sites is 2. The highest BCUT2D eigenvalue weighted by Gasteiger charge is 2.18. The number of rotatable bonds is 7. The molecule has 0 spiro atoms. The van der Waals surface area contributed by atoms with Crippen molar-refractivity contribution in [1.29, 1.82) is 0 Å². The number of thioether (sulfide) groups is 1. The zero-order valence-electron chi connectivity index (χ0n) is 15.9. The number of nitrogens with zero attached hydrogens (tertiary/aromatic N) is 4. The Bertz CT molecular complexity index is 1090. The van der Waals surface area contributed by atoms with Crippen LogP contribution < -0.4 is 10.1 Å². The fourth-order valence-electron chi connectivity index (χ4n) is 2.77. The van der Waals surface area contributed by atoms with Gasteiger partial charge in [0, 0.05) is 7.05 Å². The Balaban J connectivity index is 1.35. The highest BCUT2D eigenvalue weighted by Crippen LogP contribution is 2.26. The van der Waals surface area contributed by atoms with Gasteiger partial charge < -0.3 is 14.6 Å². The van der Waals surface area contributed by atoms with Crippen LogP contribution >= 0.6 is 23.1 Å². The maximum atomic E-state index is 12.3. The molecule has 0 saturated heterocycles. The first-order chi connectivity index (χ1) is 14.1. The van der Waals surface area contributed by atoms with Gasteiger partial charge >= 0.3 is 0 Å². The molecule has 2 aromatic heterocycles. The number of hydrogen-bond donors (Lipinski definition) is 1. The number of benzene rings is 2. The van der Waals surface area contributed by atoms with Crippen LogP contribution in [0.25, 0.3) is 10.2 Å². The number of amides is 1. The van der Waals surface area contributed by atoms with Crippen molar-refractivity contribution in [2.45, 2.75) is 18.2 Å². The third-order valence-corrected chi connectivity index (χ3v) is 6.13. The van der Waals surface area contributed by atoms with E-state index in [2.05, 4.69) is 20.5 Å². The zero-order chi connectivity index (χ0) is 20.2. The van der Waals surface area contributed by atoms with Gasteiger partial charge in [0.25, 0.3) is 0 Å². The number of anilines is 1. The predicted molar refractivity (Wildman–Crippen MR) is 115 cm³/mol. The minimum absolute atomic E-state index is 0.132. The van der Waals surface area contributed by atoms with E-state index < -0.39 is 0 Å². The van der Waals surface area contributed by atoms with Crippen LogP contribution in [0.3, 0.4) is 0 Å². The van der Waals surface area contributed by atoms with Crippen molar-refractivity contribution < 1.29 is 9.53 Å². The molecule has 148 valence electrons. The molecule has 0 aliphatic carbocycles. The van der Waals surface area contributed by atoms with E-state index in [1.807, 2.05) is 73.1 Å². The standard InChI is InChI=1S/C20H19N5O2S2/c1-13(27-14-8-4-3-5-9-14)18-23-24-20(25(18)2)28-12-17(26)22-19-21-15-10-6-7-11-16(15)29-19/h3-11,13H,12H2,1-2H3,(H,21,22,26). The second kappa shape index (κ2) is 8.62. The van der Waals surface area contributed by atoms with E-state index in [9.17, 15) is 4.79 Å². The quantitative estimate of drug-likeness (QED) is 0.445. The number of carbonyl (C=O) groups excluding carboxylic acids is 1. The van der Waals surface area contributed by atoms with Crippen LogP contribution in [-0.2, 0) is 11.8 Å². The van der Waals surface area contributed by atoms with Gasteiger partial charge in [0.1, 0.15) is 5.75 Å². The smallest absolute Gasteiger partial charge is 0.236 e. The van der Waals surface area contributed by atoms with Crippen LogP contribution in [0.15, 0.2) is 59.8 Å². The van der Waals surface area contributed by atoms with E-state index in [-0.39, 0.29) is 17.8 Å². The predicted octanol–water partition coefficient (Wildman–Crippen LogP) is 4.30. The summed E-state index contributed by atoms with van der Waals surface area (Å²) in [6.45, 7) is 1.92. The first-order valence-electron chi connectivity index (χ1n) is 8.99. The molecule has 0 aliphatic heterocycles. The Labute approximate surface area is 176 Å². The zero-order valence-corrected chi connectivity index (χ0v) is 17.5. The van der Waals surface area contributed by atoms with E-state index in [0.717, 1.165) is 16.0 Å². The molecule has 1 unspecified atom stereocenters. The van der Waals surface area contributed by atoms with E-state index >= 15 is 0 Å². The van der Waals surface area contributed by atoms with Crippen molar-refractivity contribution in [3.63, 3.8) is 0 Å². The van der Waals surface area contributed by atoms with E-state index in [0.29, 0.717) is 16.1 Å². The Hall–Kier alpha value is -2.91. The molecule has 0 fully saturated rings. The Morgan fingerprint density at radius 3 is 2.72 bits per heavy atom. The minimum Gasteiger partial charge on any atom is -0.483 e. The van der Waals surface area contributed by atoms with E-state index in [4.69, 9.17) is 4.74 Å². The fraction of sp³-hybridized carbons (Fsp3) is 0.200. The maximum absolute atomic E-state index is 12.3. The number of thiazole rings is 1. The topological polar surface area (TPSA) is 81.9 Å². The normalized spacial score (nSPS) is 12.1. The first-order valence-corrected chi connectivity index (χ1v) is 10.8. The van der Waals surface area contributed by atoms with Gasteiger partial charge in [-0.15, -0.1) is 10.2 Å². The summed E-state index contributed by atoms with van der Waals surface area (Å²) < 4.78 is 8.80. The van der Waals surface area contributed by atoms with Crippen LogP contribution in [0.5, 0.6) is 5.75 Å². The van der Waals surface area contributed by atoms with Crippen molar-refractivity contribution in [2.24, 2.45) is 7.05 Å². The number of fused-ring (bicyclic) bond motifs is 1. The number of ether oxygens (including phenoxy) is 1. The second-order valence-electron chi connectivity index (χ2n) is 6.30. The lowest BCUT2D eigenvalue weighted by Crippen LogP contribution is -2.14. The van der Waals surface area contributed by atoms with Crippen molar-refractivity contribution in [2.75, 3.05) is 11.1 Å². The van der Waals surface area contributed by atoms with Gasteiger partial charge in [0.05, 0.1) is 16.0 Å². The van der Waals surface area contributed by atoms with Crippen LogP contribution in [0.2, 0.25) is 0 Å². The molecular formula is C20H19N5O2S2. The van der Waals surface area contributed by atoms with Crippen LogP contribution in [0.1, 0.15) is 18.9 Å². The van der Waals surface area contributed by atoms with Crippen molar-refractivity contribution in [3.05, 3.63) is 60.4 Å². The van der Waals surface area contributed by atoms with Crippen molar-refractivity contribution in [3.8, 4) is 5.75 Å². The molecule has 2 heterocycles. The minimum atomic E-state index is -0.263. The molecule has 1 N–H and O–H groups in total. The Kier molecular flexibility index (Phi) is 5.77. The van der Waals surface area contributed by atoms with Gasteiger partial charge in [-0.1, -0.05) is 53.4 Å². The average Bonchev–Trinajstić information content (AvgIpc) is 3.29. The second-order valence-corrected chi connectivity index (χ2v) is 8.27. The highest BCUT2D eigenvalue weighted by atomic mass is 32.2. The summed E-state index contributed by atoms with van der Waals surface area (Å²) in [6.07, 6.45) is -0.263. The number of carbonyl (C=O) groups is 1. The molecule has 0 radical (unpaired) electrons. The summed E-state index contributed by atoms with van der Waals surface area (Å²) in [5, 5.41) is 12.5. The van der Waals surface area contributed by atoms with Gasteiger partial charge in [-0.25, -0.2) is 4.98 Å². The molecule has 0 bridgehead atoms. The summed E-state index contributed by atoms with van der Waals surface area (Å²) in [6, 6.07) is 17.4. The fourth-order valence-corrected chi connectivity index (χ4v) is 4.37. The lowest BCUT2D eigenvalue weighted by Gasteiger charge is -2.14. The largest absolute Gasteiger partial charge is 0.483 e. The summed E-state index contributed by atoms with van der Waals surface area (Å²) in [4.78, 5) is 16.7. The lowest BCUT2D eigenvalue weighted by molar-refractivity contribution is -0.113. The van der Waals surface area contributed by atoms with E-state index in [1.165, 1.54) is 23.1 Å². The molecule has 1 atom stereocenters. The number of hydrogen-bond acceptors (Lipinski definition) is 7. The third kappa shape index (κ3) is 4.57. The molecule has 4 aromatic rings. The molecule has 1 amide bonds. The van der Waals surface area contributed by atoms with Crippen LogP contribution in [-0.4, -0.2) is 31.4 Å². The maximum Gasteiger partial charge on any atom is 0.236 e. The first kappa shape index (κ1) is 19.4. The number of aromatic nitrogens is 4. The summed E-state index contributed by atoms with van der Waals surface area (Å²) in [5.74, 6) is 1.55. The van der Waals surface area contributed by atoms with Gasteiger partial charge in [0.15, 0.2) is 22.2 Å². The van der Waals surface area contributed by atoms with Gasteiger partial charge in [0.2, 0.25) is 5.91 Å². The molecule has 0 aliphatic rings. The molecule has 29 heavy (non-hydrogen) atoms. The summed E-state index contributed by atoms with van der Waals surface area (Å²) in [7, 11) is 1.87. The number of nitrogens with one attached hydrogen (secondary N) is 1. The third-order valence-electron chi connectivity index (χ3n) is 4.16. The summed E-state index contributed by atoms with van der Waals surface area (Å²) >= 11 is 2.78. The van der Waals surface area contributed by atoms with Crippen LogP contribution in [0, 0.1) is 0 Å². The van der Waals surface area contributed by atoms with E-state index in [1.54, 1.807) is 0 Å². The molecule has 4 rings (SSSR count).